The number of aryl methyl sites for hydroxylation is 1. The zero-order valence-electron chi connectivity index (χ0n) is 58.1. The number of carboxylic acid groups (broad SMARTS) is 1. The number of hydrogen-bond acceptors (Lipinski definition) is 27. The monoisotopic (exact) mass is 1560 g/mol. The number of amides is 7. The zero-order chi connectivity index (χ0) is 78.4. The number of aliphatic hydroxyl groups is 5. The van der Waals surface area contributed by atoms with E-state index in [1.165, 1.54) is 32.9 Å². The van der Waals surface area contributed by atoms with E-state index in [2.05, 4.69) is 47.1 Å². The van der Waals surface area contributed by atoms with Crippen LogP contribution < -0.4 is 63.1 Å². The number of fused-ring (bicyclic) bond motifs is 15. The Bertz CT molecular complexity index is 4610. The van der Waals surface area contributed by atoms with Gasteiger partial charge in [-0.25, -0.2) is 4.79 Å². The summed E-state index contributed by atoms with van der Waals surface area (Å²) in [6.07, 6.45) is -18.4. The second kappa shape index (κ2) is 32.1. The lowest BCUT2D eigenvalue weighted by molar-refractivity contribution is -0.329. The smallest absolute Gasteiger partial charge is 0.330 e. The normalized spacial score (nSPS) is 28.3. The van der Waals surface area contributed by atoms with Gasteiger partial charge in [-0.3, -0.25) is 43.3 Å². The number of benzene rings is 5. The van der Waals surface area contributed by atoms with Gasteiger partial charge >= 0.3 is 5.97 Å². The molecule has 6 aromatic rings. The summed E-state index contributed by atoms with van der Waals surface area (Å²) in [6.45, 7) is 9.65. The van der Waals surface area contributed by atoms with Crippen molar-refractivity contribution in [2.24, 2.45) is 23.3 Å². The highest BCUT2D eigenvalue weighted by Gasteiger charge is 2.52. The number of aromatic amines is 1. The number of nitrogens with two attached hydrogens (primary N) is 2. The van der Waals surface area contributed by atoms with Gasteiger partial charge < -0.3 is 118 Å². The molecule has 0 saturated carbocycles. The van der Waals surface area contributed by atoms with Gasteiger partial charge in [-0.05, 0) is 110 Å². The molecule has 11 bridgehead atoms. The van der Waals surface area contributed by atoms with Crippen molar-refractivity contribution in [3.63, 3.8) is 0 Å². The van der Waals surface area contributed by atoms with Crippen molar-refractivity contribution >= 4 is 82.3 Å². The highest BCUT2D eigenvalue weighted by Crippen LogP contribution is 2.50. The Hall–Kier alpha value is -9.96. The number of aromatic hydroxyl groups is 3. The van der Waals surface area contributed by atoms with Crippen molar-refractivity contribution < 1.29 is 113 Å². The van der Waals surface area contributed by atoms with E-state index >= 15 is 14.4 Å². The Balaban J connectivity index is 1.16. The van der Waals surface area contributed by atoms with Gasteiger partial charge in [0.05, 0.1) is 34.8 Å². The molecule has 13 rings (SSSR count). The van der Waals surface area contributed by atoms with Gasteiger partial charge in [0.25, 0.3) is 5.56 Å². The first-order valence-electron chi connectivity index (χ1n) is 33.7. The predicted molar refractivity (Wildman–Crippen MR) is 377 cm³/mol. The van der Waals surface area contributed by atoms with Crippen molar-refractivity contribution in [1.29, 1.82) is 0 Å². The van der Waals surface area contributed by atoms with Crippen molar-refractivity contribution in [3.8, 4) is 57.1 Å². The maximum absolute atomic E-state index is 16.2. The molecule has 0 spiro atoms. The molecule has 1 aromatic heterocycles. The van der Waals surface area contributed by atoms with E-state index in [1.54, 1.807) is 6.92 Å². The van der Waals surface area contributed by atoms with Gasteiger partial charge in [0.2, 0.25) is 53.4 Å². The molecule has 576 valence electrons. The molecule has 108 heavy (non-hydrogen) atoms. The minimum absolute atomic E-state index is 0.0205. The third kappa shape index (κ3) is 17.0. The summed E-state index contributed by atoms with van der Waals surface area (Å²) in [5.74, 6) is -17.0. The van der Waals surface area contributed by atoms with Crippen molar-refractivity contribution in [3.05, 3.63) is 133 Å². The second-order valence-corrected chi connectivity index (χ2v) is 29.3. The van der Waals surface area contributed by atoms with Gasteiger partial charge in [0, 0.05) is 46.4 Å². The van der Waals surface area contributed by atoms with E-state index in [4.69, 9.17) is 63.1 Å². The Morgan fingerprint density at radius 3 is 1.95 bits per heavy atom. The topological polar surface area (TPSA) is 557 Å². The van der Waals surface area contributed by atoms with Crippen LogP contribution in [0.25, 0.3) is 11.1 Å². The average Bonchev–Trinajstić information content (AvgIpc) is 0.734. The van der Waals surface area contributed by atoms with Crippen LogP contribution >= 0.6 is 35.0 Å². The number of phenolic OH excluding ortho intramolecular Hbond substituents is 3. The molecule has 0 aliphatic carbocycles. The number of aliphatic carboxylic acids is 1. The molecule has 35 nitrogen and oxygen atoms in total. The SMILES string of the molecule is Cc1nnc(SCC2OC(Oc3c4cc5cc3Oc3ccc(cc3Cl)[C@@H](O)[C@@H](NC(=O)[C@H](C)CC(C)C)C(=O)N[C@@H](CC(N)=O)C(=O)N[C@H]5C(=O)NC3C(=O)N[C@H](C(=O)N[C@@H](C(=O)O)c5cc(O)cc(O)c5-c5cc3ccc5O)[C@H](O)c3ccc(c(Cl)c3)O4)C(OC3CC(C)(N)C(O)C(C)O3)C(O)C2O)[nH]c1=O. The molecular formula is C70H77Cl2N11O24S. The highest BCUT2D eigenvalue weighted by atomic mass is 35.5. The first kappa shape index (κ1) is 79.1. The molecule has 2 saturated heterocycles. The van der Waals surface area contributed by atoms with Gasteiger partial charge in [-0.2, -0.15) is 0 Å². The standard InChI is InChI=1S/C70H77Cl2N11O24S/c1-24(2)13-25(3)60(93)79-51-53(88)29-8-11-40(35(71)15-29)103-42-17-31-18-43(57(42)107-68-58(106-46-22-70(6,74)59(92)27(5)102-46)56(91)55(90)44(105-68)23-108-69-81-61(94)26(4)82-83-69)104-41-12-9-30(16-36(41)72)54(89)52-66(99)78-50(67(100)101)34-19-32(84)20-39(86)47(34)33-14-28(7-10-38(33)85)48(63(96)80-52)77-64(97)49(31)76-62(95)37(21-45(73)87)75-65(51)98/h7-12,14-20,24-25,27,37,44,46,48-56,58-59,68,84-86,88-92H,13,21-23,74H2,1-6H3,(H2,73,87)(H,75,98)(H,76,95)(H,77,97)(H,78,99)(H,79,93)(H,80,96)(H,100,101)(H,81,83,94)/t25-,27?,37+,44?,46?,48?,49-,50-,51-,52+,53-,54-,55?,56?,58?,59?,68?,70?/m1/s1. The van der Waals surface area contributed by atoms with Gasteiger partial charge in [-0.15, -0.1) is 10.2 Å². The fourth-order valence-electron chi connectivity index (χ4n) is 13.1. The summed E-state index contributed by atoms with van der Waals surface area (Å²) in [7, 11) is 0. The predicted octanol–water partition coefficient (Wildman–Crippen LogP) is 1.74. The maximum atomic E-state index is 16.2. The van der Waals surface area contributed by atoms with Crippen LogP contribution in [0.3, 0.4) is 0 Å². The van der Waals surface area contributed by atoms with Gasteiger partial charge in [-0.1, -0.05) is 73.9 Å². The number of primary amides is 1. The second-order valence-electron chi connectivity index (χ2n) is 27.4. The van der Waals surface area contributed by atoms with E-state index < -0.39 is 236 Å². The molecule has 2 fully saturated rings. The molecular weight excluding hydrogens is 1480 g/mol. The Morgan fingerprint density at radius 1 is 0.722 bits per heavy atom. The number of nitrogens with one attached hydrogen (secondary N) is 7. The van der Waals surface area contributed by atoms with Crippen molar-refractivity contribution in [1.82, 2.24) is 47.1 Å². The molecule has 0 radical (unpaired) electrons. The number of thioether (sulfide) groups is 1. The molecule has 18 atom stereocenters. The Kier molecular flexibility index (Phi) is 23.5. The van der Waals surface area contributed by atoms with E-state index in [0.717, 1.165) is 78.5 Å². The summed E-state index contributed by atoms with van der Waals surface area (Å²) in [4.78, 5) is 133. The summed E-state index contributed by atoms with van der Waals surface area (Å²) >= 11 is 15.1. The van der Waals surface area contributed by atoms with Gasteiger partial charge in [0.1, 0.15) is 89.1 Å². The van der Waals surface area contributed by atoms with Crippen LogP contribution in [0.4, 0.5) is 0 Å². The number of carbonyl (C=O) groups excluding carboxylic acids is 7. The van der Waals surface area contributed by atoms with Gasteiger partial charge in [0.15, 0.2) is 35.1 Å². The third-order valence-corrected chi connectivity index (χ3v) is 20.3. The number of H-pyrrole nitrogens is 1. The molecule has 10 unspecified atom stereocenters. The lowest BCUT2D eigenvalue weighted by Gasteiger charge is -2.47. The van der Waals surface area contributed by atoms with E-state index in [-0.39, 0.29) is 62.8 Å². The van der Waals surface area contributed by atoms with Crippen LogP contribution in [-0.2, 0) is 52.6 Å². The molecule has 7 aliphatic heterocycles. The minimum Gasteiger partial charge on any atom is -0.508 e. The molecule has 8 heterocycles. The third-order valence-electron chi connectivity index (χ3n) is 18.7. The molecule has 7 aliphatic rings. The van der Waals surface area contributed by atoms with E-state index in [9.17, 15) is 74.7 Å². The number of nitrogens with zero attached hydrogens (tertiary/aromatic N) is 2. The number of ether oxygens (including phenoxy) is 6. The van der Waals surface area contributed by atoms with Crippen LogP contribution in [0.1, 0.15) is 118 Å². The summed E-state index contributed by atoms with van der Waals surface area (Å²) in [5, 5.41) is 126. The molecule has 20 N–H and O–H groups in total. The largest absolute Gasteiger partial charge is 0.508 e. The van der Waals surface area contributed by atoms with E-state index in [1.807, 2.05) is 13.8 Å². The lowest BCUT2D eigenvalue weighted by Crippen LogP contribution is -2.64. The molecule has 38 heteroatoms. The fraction of sp³-hybridized carbons (Fsp3) is 0.414. The Labute approximate surface area is 627 Å². The Morgan fingerprint density at radius 2 is 1.34 bits per heavy atom. The van der Waals surface area contributed by atoms with Crippen molar-refractivity contribution in [2.75, 3.05) is 5.75 Å². The van der Waals surface area contributed by atoms with Crippen LogP contribution in [0.5, 0.6) is 46.0 Å². The van der Waals surface area contributed by atoms with Crippen LogP contribution in [-0.4, -0.2) is 187 Å². The fourth-order valence-corrected chi connectivity index (χ4v) is 14.4. The number of aromatic nitrogens is 3. The average molecular weight is 1560 g/mol. The molecule has 5 aromatic carbocycles. The quantitative estimate of drug-likeness (QED) is 0.0691. The first-order valence-corrected chi connectivity index (χ1v) is 35.4. The summed E-state index contributed by atoms with van der Waals surface area (Å²) in [6, 6.07) is 0.341. The number of aliphatic hydroxyl groups excluding tert-OH is 5. The minimum atomic E-state index is -2.36. The lowest BCUT2D eigenvalue weighted by atomic mass is 9.86. The number of halogens is 2. The van der Waals surface area contributed by atoms with Crippen molar-refractivity contribution in [2.45, 2.75) is 169 Å². The maximum Gasteiger partial charge on any atom is 0.330 e. The number of carbonyl (C=O) groups is 8. The number of rotatable bonds is 14. The summed E-state index contributed by atoms with van der Waals surface area (Å²) < 4.78 is 39.3. The first-order chi connectivity index (χ1) is 50.9. The van der Waals surface area contributed by atoms with Crippen LogP contribution in [0.2, 0.25) is 10.0 Å². The van der Waals surface area contributed by atoms with Crippen LogP contribution in [0.15, 0.2) is 88.8 Å². The van der Waals surface area contributed by atoms with E-state index in [0.29, 0.717) is 0 Å². The summed E-state index contributed by atoms with van der Waals surface area (Å²) in [5.41, 5.74) is 7.48. The highest BCUT2D eigenvalue weighted by molar-refractivity contribution is 7.99. The molecule has 7 amide bonds. The number of carboxylic acids is 1. The number of phenols is 3. The zero-order valence-corrected chi connectivity index (χ0v) is 60.4. The number of hydrogen-bond donors (Lipinski definition) is 18. The van der Waals surface area contributed by atoms with Crippen LogP contribution in [0, 0.1) is 18.8 Å².